The summed E-state index contributed by atoms with van der Waals surface area (Å²) in [7, 11) is 0. The number of hydrogen-bond acceptors (Lipinski definition) is 4. The average molecular weight is 504 g/mol. The maximum atomic E-state index is 14.0. The predicted octanol–water partition coefficient (Wildman–Crippen LogP) is 4.35. The number of amides is 2. The molecule has 3 N–H and O–H groups in total. The van der Waals surface area contributed by atoms with Crippen LogP contribution in [0.2, 0.25) is 0 Å². The Kier molecular flexibility index (Phi) is 7.42. The molecule has 7 nitrogen and oxygen atoms in total. The summed E-state index contributed by atoms with van der Waals surface area (Å²) in [6.45, 7) is 5.66. The van der Waals surface area contributed by atoms with Crippen LogP contribution >= 0.6 is 0 Å². The van der Waals surface area contributed by atoms with E-state index in [4.69, 9.17) is 5.73 Å². The van der Waals surface area contributed by atoms with Gasteiger partial charge in [-0.25, -0.2) is 8.78 Å². The fourth-order valence-corrected chi connectivity index (χ4v) is 4.28. The molecule has 0 radical (unpaired) electrons. The molecule has 0 fully saturated rings. The second-order valence-corrected chi connectivity index (χ2v) is 8.94. The Bertz CT molecular complexity index is 1460. The van der Waals surface area contributed by atoms with Gasteiger partial charge < -0.3 is 11.1 Å². The predicted molar refractivity (Wildman–Crippen MR) is 136 cm³/mol. The SMILES string of the molecule is Cc1nn(CC(=O)NC(Cc2cc(F)cc(F)c2)c2ncccc2-c2cccc(C(N)=O)c2)c(C)c1C. The standard InChI is InChI=1S/C28H27F2N5O2/c1-16-17(2)34-35(18(16)3)15-26(36)33-25(12-19-10-22(29)14-23(30)11-19)27-24(8-5-9-32-27)20-6-4-7-21(13-20)28(31)37/h4-11,13-14,25H,12,15H2,1-3H3,(H2,31,37)(H,33,36). The summed E-state index contributed by atoms with van der Waals surface area (Å²) < 4.78 is 29.6. The van der Waals surface area contributed by atoms with Crippen molar-refractivity contribution in [3.8, 4) is 11.1 Å². The number of benzene rings is 2. The third-order valence-corrected chi connectivity index (χ3v) is 6.36. The highest BCUT2D eigenvalue weighted by molar-refractivity contribution is 5.94. The van der Waals surface area contributed by atoms with Gasteiger partial charge in [0.25, 0.3) is 0 Å². The van der Waals surface area contributed by atoms with Gasteiger partial charge in [-0.2, -0.15) is 5.10 Å². The minimum absolute atomic E-state index is 0.0339. The minimum Gasteiger partial charge on any atom is -0.366 e. The maximum absolute atomic E-state index is 14.0. The number of hydrogen-bond donors (Lipinski definition) is 2. The molecule has 1 unspecified atom stereocenters. The largest absolute Gasteiger partial charge is 0.366 e. The van der Waals surface area contributed by atoms with E-state index in [9.17, 15) is 18.4 Å². The number of aromatic nitrogens is 3. The third kappa shape index (κ3) is 5.88. The Morgan fingerprint density at radius 1 is 1.03 bits per heavy atom. The van der Waals surface area contributed by atoms with Gasteiger partial charge in [0, 0.05) is 29.1 Å². The first-order chi connectivity index (χ1) is 17.6. The van der Waals surface area contributed by atoms with Crippen molar-refractivity contribution in [3.63, 3.8) is 0 Å². The van der Waals surface area contributed by atoms with E-state index in [1.54, 1.807) is 47.3 Å². The minimum atomic E-state index is -0.736. The zero-order valence-corrected chi connectivity index (χ0v) is 20.8. The van der Waals surface area contributed by atoms with E-state index in [0.29, 0.717) is 27.9 Å². The molecule has 0 aliphatic heterocycles. The molecule has 2 aromatic carbocycles. The molecule has 4 rings (SSSR count). The molecule has 2 amide bonds. The van der Waals surface area contributed by atoms with Gasteiger partial charge in [-0.05, 0) is 74.2 Å². The molecule has 0 aliphatic rings. The van der Waals surface area contributed by atoms with Crippen LogP contribution in [0.1, 0.15) is 44.6 Å². The average Bonchev–Trinajstić information content (AvgIpc) is 3.09. The van der Waals surface area contributed by atoms with E-state index in [-0.39, 0.29) is 18.9 Å². The van der Waals surface area contributed by atoms with E-state index < -0.39 is 23.6 Å². The van der Waals surface area contributed by atoms with Crippen LogP contribution in [0.4, 0.5) is 8.78 Å². The number of rotatable bonds is 8. The number of nitrogens with two attached hydrogens (primary N) is 1. The summed E-state index contributed by atoms with van der Waals surface area (Å²) in [6.07, 6.45) is 1.66. The van der Waals surface area contributed by atoms with Gasteiger partial charge in [-0.1, -0.05) is 18.2 Å². The zero-order valence-electron chi connectivity index (χ0n) is 20.8. The third-order valence-electron chi connectivity index (χ3n) is 6.36. The zero-order chi connectivity index (χ0) is 26.7. The first kappa shape index (κ1) is 25.7. The van der Waals surface area contributed by atoms with Gasteiger partial charge in [-0.3, -0.25) is 19.3 Å². The number of carbonyl (C=O) groups is 2. The molecular formula is C28H27F2N5O2. The highest BCUT2D eigenvalue weighted by Crippen LogP contribution is 2.29. The fourth-order valence-electron chi connectivity index (χ4n) is 4.28. The number of nitrogens with one attached hydrogen (secondary N) is 1. The smallest absolute Gasteiger partial charge is 0.248 e. The molecule has 37 heavy (non-hydrogen) atoms. The fraction of sp³-hybridized carbons (Fsp3) is 0.214. The van der Waals surface area contributed by atoms with Crippen molar-refractivity contribution in [2.45, 2.75) is 39.8 Å². The molecule has 1 atom stereocenters. The number of halogens is 2. The Morgan fingerprint density at radius 2 is 1.76 bits per heavy atom. The molecule has 0 spiro atoms. The van der Waals surface area contributed by atoms with Gasteiger partial charge in [-0.15, -0.1) is 0 Å². The van der Waals surface area contributed by atoms with E-state index in [2.05, 4.69) is 15.4 Å². The summed E-state index contributed by atoms with van der Waals surface area (Å²) in [5.74, 6) is -2.34. The quantitative estimate of drug-likeness (QED) is 0.373. The molecule has 190 valence electrons. The van der Waals surface area contributed by atoms with Gasteiger partial charge in [0.05, 0.1) is 17.4 Å². The first-order valence-corrected chi connectivity index (χ1v) is 11.7. The normalized spacial score (nSPS) is 11.8. The van der Waals surface area contributed by atoms with Crippen molar-refractivity contribution < 1.29 is 18.4 Å². The van der Waals surface area contributed by atoms with Gasteiger partial charge >= 0.3 is 0 Å². The van der Waals surface area contributed by atoms with Crippen molar-refractivity contribution in [1.82, 2.24) is 20.1 Å². The van der Waals surface area contributed by atoms with Gasteiger partial charge in [0.1, 0.15) is 18.2 Å². The molecule has 2 aromatic heterocycles. The van der Waals surface area contributed by atoms with Crippen LogP contribution in [-0.2, 0) is 17.8 Å². The van der Waals surface area contributed by atoms with Crippen LogP contribution in [0.3, 0.4) is 0 Å². The van der Waals surface area contributed by atoms with E-state index in [1.807, 2.05) is 20.8 Å². The summed E-state index contributed by atoms with van der Waals surface area (Å²) >= 11 is 0. The van der Waals surface area contributed by atoms with Crippen LogP contribution < -0.4 is 11.1 Å². The lowest BCUT2D eigenvalue weighted by atomic mass is 9.94. The highest BCUT2D eigenvalue weighted by atomic mass is 19.1. The van der Waals surface area contributed by atoms with E-state index in [1.165, 1.54) is 12.1 Å². The lowest BCUT2D eigenvalue weighted by Crippen LogP contribution is -2.34. The summed E-state index contributed by atoms with van der Waals surface area (Å²) in [5.41, 5.74) is 10.6. The Balaban J connectivity index is 1.73. The summed E-state index contributed by atoms with van der Waals surface area (Å²) in [4.78, 5) is 29.5. The van der Waals surface area contributed by atoms with Gasteiger partial charge in [0.2, 0.25) is 11.8 Å². The van der Waals surface area contributed by atoms with E-state index in [0.717, 1.165) is 23.0 Å². The Labute approximate surface area is 213 Å². The van der Waals surface area contributed by atoms with Crippen LogP contribution in [0, 0.1) is 32.4 Å². The number of carbonyl (C=O) groups excluding carboxylic acids is 2. The second-order valence-electron chi connectivity index (χ2n) is 8.94. The molecule has 2 heterocycles. The lowest BCUT2D eigenvalue weighted by molar-refractivity contribution is -0.122. The number of aryl methyl sites for hydroxylation is 1. The number of nitrogens with zero attached hydrogens (tertiary/aromatic N) is 3. The number of primary amides is 1. The summed E-state index contributed by atoms with van der Waals surface area (Å²) in [6, 6.07) is 12.8. The van der Waals surface area contributed by atoms with Crippen molar-refractivity contribution in [3.05, 3.63) is 106 Å². The van der Waals surface area contributed by atoms with Crippen LogP contribution in [0.15, 0.2) is 60.8 Å². The van der Waals surface area contributed by atoms with Crippen molar-refractivity contribution in [2.75, 3.05) is 0 Å². The molecule has 0 saturated heterocycles. The van der Waals surface area contributed by atoms with Crippen LogP contribution in [-0.4, -0.2) is 26.6 Å². The van der Waals surface area contributed by atoms with E-state index >= 15 is 0 Å². The lowest BCUT2D eigenvalue weighted by Gasteiger charge is -2.22. The van der Waals surface area contributed by atoms with Crippen molar-refractivity contribution in [2.24, 2.45) is 5.73 Å². The molecule has 4 aromatic rings. The Morgan fingerprint density at radius 3 is 2.41 bits per heavy atom. The monoisotopic (exact) mass is 503 g/mol. The Hall–Kier alpha value is -4.40. The molecule has 0 bridgehead atoms. The van der Waals surface area contributed by atoms with Crippen LogP contribution in [0.5, 0.6) is 0 Å². The molecule has 9 heteroatoms. The number of pyridine rings is 1. The van der Waals surface area contributed by atoms with Crippen molar-refractivity contribution in [1.29, 1.82) is 0 Å². The highest BCUT2D eigenvalue weighted by Gasteiger charge is 2.22. The molecule has 0 aliphatic carbocycles. The first-order valence-electron chi connectivity index (χ1n) is 11.7. The molecular weight excluding hydrogens is 476 g/mol. The summed E-state index contributed by atoms with van der Waals surface area (Å²) in [5, 5.41) is 7.40. The van der Waals surface area contributed by atoms with Crippen LogP contribution in [0.25, 0.3) is 11.1 Å². The van der Waals surface area contributed by atoms with Gasteiger partial charge in [0.15, 0.2) is 0 Å². The molecule has 0 saturated carbocycles. The second kappa shape index (κ2) is 10.7. The maximum Gasteiger partial charge on any atom is 0.248 e. The van der Waals surface area contributed by atoms with Crippen molar-refractivity contribution >= 4 is 11.8 Å². The topological polar surface area (TPSA) is 103 Å².